The SMILES string of the molecule is CCCN(CC1CCC(C(=O)O)O1)C(C)C. The number of rotatable bonds is 6. The third kappa shape index (κ3) is 3.76. The van der Waals surface area contributed by atoms with Gasteiger partial charge in [0.1, 0.15) is 0 Å². The largest absolute Gasteiger partial charge is 0.479 e. The second-order valence-electron chi connectivity index (χ2n) is 4.75. The number of hydrogen-bond donors (Lipinski definition) is 1. The molecule has 0 spiro atoms. The van der Waals surface area contributed by atoms with Crippen LogP contribution in [0.4, 0.5) is 0 Å². The number of aliphatic carboxylic acids is 1. The van der Waals surface area contributed by atoms with E-state index in [1.54, 1.807) is 0 Å². The van der Waals surface area contributed by atoms with E-state index in [-0.39, 0.29) is 6.10 Å². The summed E-state index contributed by atoms with van der Waals surface area (Å²) in [5, 5.41) is 8.84. The number of nitrogens with zero attached hydrogens (tertiary/aromatic N) is 1. The molecule has 1 heterocycles. The third-order valence-electron chi connectivity index (χ3n) is 3.06. The highest BCUT2D eigenvalue weighted by Crippen LogP contribution is 2.21. The summed E-state index contributed by atoms with van der Waals surface area (Å²) in [5.74, 6) is -0.825. The molecule has 0 aromatic heterocycles. The lowest BCUT2D eigenvalue weighted by molar-refractivity contribution is -0.149. The molecule has 1 fully saturated rings. The molecule has 0 bridgehead atoms. The Morgan fingerprint density at radius 2 is 2.19 bits per heavy atom. The Morgan fingerprint density at radius 1 is 1.50 bits per heavy atom. The van der Waals surface area contributed by atoms with Crippen LogP contribution in [0, 0.1) is 0 Å². The number of carboxylic acids is 1. The van der Waals surface area contributed by atoms with Crippen molar-refractivity contribution in [3.05, 3.63) is 0 Å². The second-order valence-corrected chi connectivity index (χ2v) is 4.75. The molecule has 1 N–H and O–H groups in total. The van der Waals surface area contributed by atoms with E-state index >= 15 is 0 Å². The van der Waals surface area contributed by atoms with Crippen LogP contribution < -0.4 is 0 Å². The lowest BCUT2D eigenvalue weighted by atomic mass is 10.1. The first-order valence-electron chi connectivity index (χ1n) is 6.17. The lowest BCUT2D eigenvalue weighted by Gasteiger charge is -2.28. The second kappa shape index (κ2) is 6.21. The fourth-order valence-corrected chi connectivity index (χ4v) is 2.13. The van der Waals surface area contributed by atoms with Crippen LogP contribution in [0.3, 0.4) is 0 Å². The van der Waals surface area contributed by atoms with Gasteiger partial charge in [0.2, 0.25) is 0 Å². The first-order chi connectivity index (χ1) is 7.54. The predicted molar refractivity (Wildman–Crippen MR) is 62.5 cm³/mol. The molecule has 94 valence electrons. The Bertz CT molecular complexity index is 230. The Hall–Kier alpha value is -0.610. The highest BCUT2D eigenvalue weighted by molar-refractivity contribution is 5.72. The molecule has 0 saturated carbocycles. The lowest BCUT2D eigenvalue weighted by Crippen LogP contribution is -2.38. The standard InChI is InChI=1S/C12H23NO3/c1-4-7-13(9(2)3)8-10-5-6-11(16-10)12(14)15/h9-11H,4-8H2,1-3H3,(H,14,15). The van der Waals surface area contributed by atoms with Crippen LogP contribution in [-0.2, 0) is 9.53 Å². The molecule has 16 heavy (non-hydrogen) atoms. The zero-order chi connectivity index (χ0) is 12.1. The van der Waals surface area contributed by atoms with Crippen LogP contribution in [0.25, 0.3) is 0 Å². The van der Waals surface area contributed by atoms with Crippen molar-refractivity contribution >= 4 is 5.97 Å². The summed E-state index contributed by atoms with van der Waals surface area (Å²) in [6.45, 7) is 8.40. The van der Waals surface area contributed by atoms with Crippen LogP contribution in [0.2, 0.25) is 0 Å². The zero-order valence-electron chi connectivity index (χ0n) is 10.5. The van der Waals surface area contributed by atoms with E-state index in [4.69, 9.17) is 9.84 Å². The van der Waals surface area contributed by atoms with Gasteiger partial charge in [-0.05, 0) is 39.7 Å². The normalized spacial score (nSPS) is 25.6. The Balaban J connectivity index is 2.39. The van der Waals surface area contributed by atoms with Crippen molar-refractivity contribution in [3.8, 4) is 0 Å². The van der Waals surface area contributed by atoms with Gasteiger partial charge >= 0.3 is 5.97 Å². The molecule has 2 atom stereocenters. The maximum atomic E-state index is 10.8. The number of carboxylic acid groups (broad SMARTS) is 1. The summed E-state index contributed by atoms with van der Waals surface area (Å²) >= 11 is 0. The van der Waals surface area contributed by atoms with Gasteiger partial charge in [0.05, 0.1) is 6.10 Å². The smallest absolute Gasteiger partial charge is 0.332 e. The van der Waals surface area contributed by atoms with Crippen molar-refractivity contribution in [2.24, 2.45) is 0 Å². The van der Waals surface area contributed by atoms with E-state index in [1.165, 1.54) is 0 Å². The zero-order valence-corrected chi connectivity index (χ0v) is 10.5. The summed E-state index contributed by atoms with van der Waals surface area (Å²) in [5.41, 5.74) is 0. The maximum absolute atomic E-state index is 10.8. The first kappa shape index (κ1) is 13.5. The Labute approximate surface area is 97.6 Å². The highest BCUT2D eigenvalue weighted by atomic mass is 16.5. The number of carbonyl (C=O) groups is 1. The third-order valence-corrected chi connectivity index (χ3v) is 3.06. The van der Waals surface area contributed by atoms with Gasteiger partial charge in [0, 0.05) is 12.6 Å². The molecule has 1 aliphatic rings. The van der Waals surface area contributed by atoms with Crippen LogP contribution in [-0.4, -0.2) is 47.3 Å². The van der Waals surface area contributed by atoms with Crippen molar-refractivity contribution in [1.82, 2.24) is 4.90 Å². The van der Waals surface area contributed by atoms with Crippen LogP contribution in [0.5, 0.6) is 0 Å². The van der Waals surface area contributed by atoms with Crippen molar-refractivity contribution in [1.29, 1.82) is 0 Å². The predicted octanol–water partition coefficient (Wildman–Crippen LogP) is 1.74. The quantitative estimate of drug-likeness (QED) is 0.753. The summed E-state index contributed by atoms with van der Waals surface area (Å²) in [6, 6.07) is 0.493. The van der Waals surface area contributed by atoms with E-state index < -0.39 is 12.1 Å². The minimum absolute atomic E-state index is 0.0926. The average molecular weight is 229 g/mol. The molecule has 1 aliphatic heterocycles. The molecule has 4 nitrogen and oxygen atoms in total. The highest BCUT2D eigenvalue weighted by Gasteiger charge is 2.31. The summed E-state index contributed by atoms with van der Waals surface area (Å²) in [4.78, 5) is 13.1. The van der Waals surface area contributed by atoms with Crippen molar-refractivity contribution in [2.45, 2.75) is 58.3 Å². The van der Waals surface area contributed by atoms with Gasteiger partial charge in [-0.1, -0.05) is 6.92 Å². The van der Waals surface area contributed by atoms with E-state index in [2.05, 4.69) is 25.7 Å². The Kier molecular flexibility index (Phi) is 5.22. The van der Waals surface area contributed by atoms with Crippen LogP contribution in [0.15, 0.2) is 0 Å². The van der Waals surface area contributed by atoms with Gasteiger partial charge in [-0.3, -0.25) is 4.90 Å². The fourth-order valence-electron chi connectivity index (χ4n) is 2.13. The molecule has 0 aromatic rings. The fraction of sp³-hybridized carbons (Fsp3) is 0.917. The van der Waals surface area contributed by atoms with Gasteiger partial charge in [0.15, 0.2) is 6.10 Å². The molecule has 0 radical (unpaired) electrons. The number of hydrogen-bond acceptors (Lipinski definition) is 3. The minimum Gasteiger partial charge on any atom is -0.479 e. The van der Waals surface area contributed by atoms with Crippen LogP contribution >= 0.6 is 0 Å². The van der Waals surface area contributed by atoms with Gasteiger partial charge in [-0.2, -0.15) is 0 Å². The number of ether oxygens (including phenoxy) is 1. The maximum Gasteiger partial charge on any atom is 0.332 e. The van der Waals surface area contributed by atoms with Gasteiger partial charge in [0.25, 0.3) is 0 Å². The summed E-state index contributed by atoms with van der Waals surface area (Å²) in [6.07, 6.45) is 2.14. The molecule has 0 aliphatic carbocycles. The van der Waals surface area contributed by atoms with E-state index in [9.17, 15) is 4.79 Å². The molecular weight excluding hydrogens is 206 g/mol. The molecule has 4 heteroatoms. The molecule has 1 saturated heterocycles. The minimum atomic E-state index is -0.825. The summed E-state index contributed by atoms with van der Waals surface area (Å²) in [7, 11) is 0. The molecule has 2 unspecified atom stereocenters. The topological polar surface area (TPSA) is 49.8 Å². The van der Waals surface area contributed by atoms with Crippen molar-refractivity contribution in [2.75, 3.05) is 13.1 Å². The average Bonchev–Trinajstić information content (AvgIpc) is 2.65. The van der Waals surface area contributed by atoms with E-state index in [1.807, 2.05) is 0 Å². The monoisotopic (exact) mass is 229 g/mol. The Morgan fingerprint density at radius 3 is 2.62 bits per heavy atom. The summed E-state index contributed by atoms with van der Waals surface area (Å²) < 4.78 is 5.51. The van der Waals surface area contributed by atoms with Crippen molar-refractivity contribution in [3.63, 3.8) is 0 Å². The van der Waals surface area contributed by atoms with Gasteiger partial charge in [-0.15, -0.1) is 0 Å². The van der Waals surface area contributed by atoms with Gasteiger partial charge in [-0.25, -0.2) is 4.79 Å². The molecule has 0 amide bonds. The molecular formula is C12H23NO3. The molecule has 0 aromatic carbocycles. The first-order valence-corrected chi connectivity index (χ1v) is 6.17. The van der Waals surface area contributed by atoms with Crippen molar-refractivity contribution < 1.29 is 14.6 Å². The van der Waals surface area contributed by atoms with E-state index in [0.29, 0.717) is 12.5 Å². The van der Waals surface area contributed by atoms with Crippen LogP contribution in [0.1, 0.15) is 40.0 Å². The molecule has 1 rings (SSSR count). The van der Waals surface area contributed by atoms with Gasteiger partial charge < -0.3 is 9.84 Å². The van der Waals surface area contributed by atoms with E-state index in [0.717, 1.165) is 25.9 Å².